The molecule has 2 aliphatic rings. The van der Waals surface area contributed by atoms with Gasteiger partial charge in [-0.2, -0.15) is 0 Å². The number of nitrogens with zero attached hydrogens (tertiary/aromatic N) is 3. The molecule has 5 rings (SSSR count). The zero-order valence-corrected chi connectivity index (χ0v) is 16.1. The highest BCUT2D eigenvalue weighted by Gasteiger charge is 2.31. The summed E-state index contributed by atoms with van der Waals surface area (Å²) in [4.78, 5) is 24.6. The second-order valence-corrected chi connectivity index (χ2v) is 8.08. The lowest BCUT2D eigenvalue weighted by atomic mass is 10.0. The van der Waals surface area contributed by atoms with Gasteiger partial charge in [-0.3, -0.25) is 4.79 Å². The number of carbonyl (C=O) groups is 1. The second kappa shape index (κ2) is 7.34. The summed E-state index contributed by atoms with van der Waals surface area (Å²) >= 11 is 0. The summed E-state index contributed by atoms with van der Waals surface area (Å²) in [6.07, 6.45) is 8.58. The van der Waals surface area contributed by atoms with Crippen LogP contribution in [0.3, 0.4) is 0 Å². The van der Waals surface area contributed by atoms with E-state index >= 15 is 0 Å². The second-order valence-electron chi connectivity index (χ2n) is 8.08. The van der Waals surface area contributed by atoms with E-state index in [0.717, 1.165) is 31.5 Å². The van der Waals surface area contributed by atoms with Crippen molar-refractivity contribution in [2.45, 2.75) is 57.0 Å². The molecule has 0 bridgehead atoms. The smallest absolute Gasteiger partial charge is 0.273 e. The lowest BCUT2D eigenvalue weighted by Gasteiger charge is -2.29. The minimum Gasteiger partial charge on any atom is -0.330 e. The van der Waals surface area contributed by atoms with Crippen LogP contribution in [0.2, 0.25) is 0 Å². The van der Waals surface area contributed by atoms with Crippen LogP contribution in [0.15, 0.2) is 54.7 Å². The van der Waals surface area contributed by atoms with Crippen molar-refractivity contribution in [3.05, 3.63) is 71.8 Å². The largest absolute Gasteiger partial charge is 0.330 e. The van der Waals surface area contributed by atoms with Crippen LogP contribution >= 0.6 is 0 Å². The van der Waals surface area contributed by atoms with Crippen LogP contribution in [0, 0.1) is 0 Å². The number of hydrogen-bond donors (Lipinski definition) is 0. The van der Waals surface area contributed by atoms with Gasteiger partial charge in [0.15, 0.2) is 0 Å². The van der Waals surface area contributed by atoms with Gasteiger partial charge in [0, 0.05) is 24.7 Å². The Morgan fingerprint density at radius 2 is 1.75 bits per heavy atom. The van der Waals surface area contributed by atoms with Gasteiger partial charge >= 0.3 is 0 Å². The first-order valence-electron chi connectivity index (χ1n) is 10.4. The van der Waals surface area contributed by atoms with E-state index in [1.165, 1.54) is 29.2 Å². The Labute approximate surface area is 165 Å². The number of carbonyl (C=O) groups excluding carboxylic acids is 1. The number of fused-ring (bicyclic) bond motifs is 1. The van der Waals surface area contributed by atoms with Crippen molar-refractivity contribution >= 4 is 16.7 Å². The first-order valence-corrected chi connectivity index (χ1v) is 10.4. The Hall–Kier alpha value is -2.75. The van der Waals surface area contributed by atoms with E-state index in [9.17, 15) is 4.79 Å². The van der Waals surface area contributed by atoms with E-state index in [0.29, 0.717) is 24.2 Å². The van der Waals surface area contributed by atoms with E-state index in [4.69, 9.17) is 0 Å². The molecule has 0 atom stereocenters. The summed E-state index contributed by atoms with van der Waals surface area (Å²) in [5.41, 5.74) is 1.75. The molecule has 2 fully saturated rings. The Morgan fingerprint density at radius 3 is 2.57 bits per heavy atom. The maximum absolute atomic E-state index is 13.5. The summed E-state index contributed by atoms with van der Waals surface area (Å²) in [6, 6.07) is 16.9. The highest BCUT2D eigenvalue weighted by molar-refractivity contribution is 5.93. The Balaban J connectivity index is 1.49. The fraction of sp³-hybridized carbons (Fsp3) is 0.375. The first kappa shape index (κ1) is 17.4. The lowest BCUT2D eigenvalue weighted by Crippen LogP contribution is -2.39. The molecule has 3 aromatic rings. The first-order chi connectivity index (χ1) is 13.8. The van der Waals surface area contributed by atoms with Gasteiger partial charge in [-0.15, -0.1) is 0 Å². The average Bonchev–Trinajstić information content (AvgIpc) is 3.46. The average molecular weight is 371 g/mol. The van der Waals surface area contributed by atoms with Crippen LogP contribution < -0.4 is 0 Å². The van der Waals surface area contributed by atoms with Crippen LogP contribution in [0.4, 0.5) is 0 Å². The van der Waals surface area contributed by atoms with Crippen molar-refractivity contribution in [1.82, 2.24) is 14.9 Å². The number of benzene rings is 2. The fourth-order valence-corrected chi connectivity index (χ4v) is 4.37. The third-order valence-electron chi connectivity index (χ3n) is 6.08. The number of aromatic nitrogens is 2. The summed E-state index contributed by atoms with van der Waals surface area (Å²) < 4.78 is 0. The van der Waals surface area contributed by atoms with Crippen LogP contribution in [0.1, 0.15) is 66.3 Å². The van der Waals surface area contributed by atoms with Crippen molar-refractivity contribution in [2.75, 3.05) is 0 Å². The van der Waals surface area contributed by atoms with Crippen LogP contribution in [0.25, 0.3) is 10.8 Å². The minimum absolute atomic E-state index is 0.0455. The molecule has 0 saturated heterocycles. The quantitative estimate of drug-likeness (QED) is 0.627. The molecule has 142 valence electrons. The number of rotatable bonds is 5. The van der Waals surface area contributed by atoms with Gasteiger partial charge in [0.1, 0.15) is 11.5 Å². The fourth-order valence-electron chi connectivity index (χ4n) is 4.37. The summed E-state index contributed by atoms with van der Waals surface area (Å²) in [5, 5.41) is 2.44. The monoisotopic (exact) mass is 371 g/mol. The normalized spacial score (nSPS) is 17.1. The summed E-state index contributed by atoms with van der Waals surface area (Å²) in [7, 11) is 0. The molecule has 0 spiro atoms. The number of hydrogen-bond acceptors (Lipinski definition) is 3. The van der Waals surface area contributed by atoms with Crippen molar-refractivity contribution in [3.8, 4) is 0 Å². The highest BCUT2D eigenvalue weighted by atomic mass is 16.2. The molecule has 1 amide bonds. The zero-order chi connectivity index (χ0) is 18.9. The third-order valence-corrected chi connectivity index (χ3v) is 6.08. The van der Waals surface area contributed by atoms with Crippen molar-refractivity contribution < 1.29 is 4.79 Å². The Bertz CT molecular complexity index is 1000. The van der Waals surface area contributed by atoms with Gasteiger partial charge in [-0.25, -0.2) is 9.97 Å². The maximum Gasteiger partial charge on any atom is 0.273 e. The Kier molecular flexibility index (Phi) is 4.55. The summed E-state index contributed by atoms with van der Waals surface area (Å²) in [5.74, 6) is 1.33. The lowest BCUT2D eigenvalue weighted by molar-refractivity contribution is 0.0658. The zero-order valence-electron chi connectivity index (χ0n) is 16.1. The molecule has 28 heavy (non-hydrogen) atoms. The van der Waals surface area contributed by atoms with Gasteiger partial charge in [-0.05, 0) is 48.1 Å². The van der Waals surface area contributed by atoms with Crippen molar-refractivity contribution in [2.24, 2.45) is 0 Å². The Morgan fingerprint density at radius 1 is 0.964 bits per heavy atom. The third kappa shape index (κ3) is 3.39. The topological polar surface area (TPSA) is 46.1 Å². The molecule has 0 N–H and O–H groups in total. The van der Waals surface area contributed by atoms with E-state index in [1.54, 1.807) is 12.3 Å². The van der Waals surface area contributed by atoms with Gasteiger partial charge in [0.05, 0.1) is 0 Å². The molecular weight excluding hydrogens is 346 g/mol. The highest BCUT2D eigenvalue weighted by Crippen LogP contribution is 2.38. The molecule has 2 aromatic carbocycles. The molecule has 0 radical (unpaired) electrons. The van der Waals surface area contributed by atoms with Crippen LogP contribution in [0.5, 0.6) is 0 Å². The predicted octanol–water partition coefficient (Wildman–Crippen LogP) is 5.09. The molecule has 4 heteroatoms. The molecule has 0 unspecified atom stereocenters. The molecule has 2 saturated carbocycles. The molecule has 1 aromatic heterocycles. The standard InChI is InChI=1S/C24H25N3O/c28-24(22-14-15-25-23(26-22)18-12-13-18)27(20-9-2-3-10-20)16-19-8-5-7-17-6-1-4-11-21(17)19/h1,4-8,11,14-15,18,20H,2-3,9-10,12-13,16H2. The molecular formula is C24H25N3O. The number of amides is 1. The van der Waals surface area contributed by atoms with Crippen molar-refractivity contribution in [3.63, 3.8) is 0 Å². The predicted molar refractivity (Wildman–Crippen MR) is 110 cm³/mol. The maximum atomic E-state index is 13.5. The summed E-state index contributed by atoms with van der Waals surface area (Å²) in [6.45, 7) is 0.633. The van der Waals surface area contributed by atoms with Crippen LogP contribution in [-0.2, 0) is 6.54 Å². The van der Waals surface area contributed by atoms with Gasteiger partial charge in [-0.1, -0.05) is 55.3 Å². The molecule has 2 aliphatic carbocycles. The SMILES string of the molecule is O=C(c1ccnc(C2CC2)n1)N(Cc1cccc2ccccc12)C1CCCC1. The van der Waals surface area contributed by atoms with E-state index in [-0.39, 0.29) is 5.91 Å². The van der Waals surface area contributed by atoms with E-state index in [1.807, 2.05) is 0 Å². The van der Waals surface area contributed by atoms with Gasteiger partial charge in [0.2, 0.25) is 0 Å². The van der Waals surface area contributed by atoms with E-state index < -0.39 is 0 Å². The van der Waals surface area contributed by atoms with Crippen LogP contribution in [-0.4, -0.2) is 26.8 Å². The molecule has 1 heterocycles. The van der Waals surface area contributed by atoms with Gasteiger partial charge < -0.3 is 4.90 Å². The molecule has 4 nitrogen and oxygen atoms in total. The van der Waals surface area contributed by atoms with Gasteiger partial charge in [0.25, 0.3) is 5.91 Å². The molecule has 0 aliphatic heterocycles. The van der Waals surface area contributed by atoms with E-state index in [2.05, 4.69) is 57.3 Å². The minimum atomic E-state index is 0.0455. The van der Waals surface area contributed by atoms with Crippen molar-refractivity contribution in [1.29, 1.82) is 0 Å².